The molecule has 0 spiro atoms. The van der Waals surface area contributed by atoms with Gasteiger partial charge in [0.25, 0.3) is 0 Å². The molecule has 1 atom stereocenters. The highest BCUT2D eigenvalue weighted by Gasteiger charge is 2.30. The molecule has 5 heteroatoms. The predicted molar refractivity (Wildman–Crippen MR) is 56.1 cm³/mol. The summed E-state index contributed by atoms with van der Waals surface area (Å²) < 4.78 is 13.1. The number of carbonyl (C=O) groups is 1. The van der Waals surface area contributed by atoms with Gasteiger partial charge < -0.3 is 15.1 Å². The molecular formula is C11H12FNO3. The molecule has 0 aliphatic carbocycles. The molecule has 0 amide bonds. The van der Waals surface area contributed by atoms with Crippen LogP contribution in [0.5, 0.6) is 5.75 Å². The maximum Gasteiger partial charge on any atom is 0.326 e. The fourth-order valence-electron chi connectivity index (χ4n) is 2.06. The zero-order chi connectivity index (χ0) is 11.7. The molecule has 86 valence electrons. The number of rotatable bonds is 2. The second-order valence-corrected chi connectivity index (χ2v) is 3.86. The van der Waals surface area contributed by atoms with Crippen LogP contribution in [-0.4, -0.2) is 28.8 Å². The highest BCUT2D eigenvalue weighted by atomic mass is 19.1. The summed E-state index contributed by atoms with van der Waals surface area (Å²) in [6.45, 7) is 0.569. The van der Waals surface area contributed by atoms with E-state index in [1.165, 1.54) is 12.1 Å². The van der Waals surface area contributed by atoms with Crippen molar-refractivity contribution >= 4 is 11.7 Å². The number of benzene rings is 1. The number of phenolic OH excluding ortho intramolecular Hbond substituents is 1. The first kappa shape index (κ1) is 10.7. The van der Waals surface area contributed by atoms with E-state index in [0.717, 1.165) is 12.5 Å². The van der Waals surface area contributed by atoms with Crippen molar-refractivity contribution in [3.8, 4) is 5.75 Å². The summed E-state index contributed by atoms with van der Waals surface area (Å²) in [6.07, 6.45) is 1.31. The van der Waals surface area contributed by atoms with Crippen molar-refractivity contribution in [2.24, 2.45) is 0 Å². The van der Waals surface area contributed by atoms with Gasteiger partial charge in [-0.05, 0) is 18.9 Å². The van der Waals surface area contributed by atoms with Crippen LogP contribution in [0, 0.1) is 5.82 Å². The Kier molecular flexibility index (Phi) is 2.68. The van der Waals surface area contributed by atoms with E-state index in [1.807, 2.05) is 0 Å². The Hall–Kier alpha value is -1.78. The van der Waals surface area contributed by atoms with Crippen LogP contribution < -0.4 is 4.90 Å². The van der Waals surface area contributed by atoms with Crippen molar-refractivity contribution in [2.45, 2.75) is 18.9 Å². The van der Waals surface area contributed by atoms with Crippen molar-refractivity contribution in [3.63, 3.8) is 0 Å². The van der Waals surface area contributed by atoms with Crippen LogP contribution in [0.1, 0.15) is 12.8 Å². The molecule has 0 saturated carbocycles. The number of phenols is 1. The SMILES string of the molecule is O=C(O)C1CCCN1c1cc(O)cc(F)c1. The molecule has 2 rings (SSSR count). The van der Waals surface area contributed by atoms with Crippen LogP contribution in [0.2, 0.25) is 0 Å². The number of carboxylic acids is 1. The smallest absolute Gasteiger partial charge is 0.326 e. The largest absolute Gasteiger partial charge is 0.508 e. The maximum atomic E-state index is 13.1. The summed E-state index contributed by atoms with van der Waals surface area (Å²) in [5, 5.41) is 18.3. The summed E-state index contributed by atoms with van der Waals surface area (Å²) in [6, 6.07) is 2.99. The monoisotopic (exact) mass is 225 g/mol. The van der Waals surface area contributed by atoms with Gasteiger partial charge in [0.1, 0.15) is 17.6 Å². The minimum absolute atomic E-state index is 0.189. The second-order valence-electron chi connectivity index (χ2n) is 3.86. The van der Waals surface area contributed by atoms with E-state index in [4.69, 9.17) is 5.11 Å². The van der Waals surface area contributed by atoms with Crippen molar-refractivity contribution < 1.29 is 19.4 Å². The number of aliphatic carboxylic acids is 1. The summed E-state index contributed by atoms with van der Waals surface area (Å²) in [7, 11) is 0. The van der Waals surface area contributed by atoms with E-state index < -0.39 is 17.8 Å². The zero-order valence-electron chi connectivity index (χ0n) is 8.56. The lowest BCUT2D eigenvalue weighted by Crippen LogP contribution is -2.35. The molecule has 1 unspecified atom stereocenters. The van der Waals surface area contributed by atoms with Crippen LogP contribution in [0.4, 0.5) is 10.1 Å². The second kappa shape index (κ2) is 4.00. The van der Waals surface area contributed by atoms with E-state index >= 15 is 0 Å². The normalized spacial score (nSPS) is 20.1. The Bertz CT molecular complexity index is 401. The van der Waals surface area contributed by atoms with Gasteiger partial charge in [-0.15, -0.1) is 0 Å². The van der Waals surface area contributed by atoms with Crippen molar-refractivity contribution in [1.29, 1.82) is 0 Å². The third kappa shape index (κ3) is 1.93. The maximum absolute atomic E-state index is 13.1. The van der Waals surface area contributed by atoms with Crippen LogP contribution >= 0.6 is 0 Å². The number of hydrogen-bond donors (Lipinski definition) is 2. The molecule has 1 aromatic carbocycles. The molecule has 2 N–H and O–H groups in total. The summed E-state index contributed by atoms with van der Waals surface area (Å²) >= 11 is 0. The number of carboxylic acid groups (broad SMARTS) is 1. The van der Waals surface area contributed by atoms with Gasteiger partial charge in [-0.3, -0.25) is 0 Å². The standard InChI is InChI=1S/C11H12FNO3/c12-7-4-8(6-9(14)5-7)13-3-1-2-10(13)11(15)16/h4-6,10,14H,1-3H2,(H,15,16). The highest BCUT2D eigenvalue weighted by molar-refractivity contribution is 5.79. The quantitative estimate of drug-likeness (QED) is 0.802. The first-order valence-electron chi connectivity index (χ1n) is 5.07. The first-order chi connectivity index (χ1) is 7.58. The molecule has 0 radical (unpaired) electrons. The third-order valence-corrected chi connectivity index (χ3v) is 2.74. The van der Waals surface area contributed by atoms with E-state index in [1.54, 1.807) is 4.90 Å². The molecule has 0 bridgehead atoms. The Labute approximate surface area is 91.9 Å². The Morgan fingerprint density at radius 2 is 2.19 bits per heavy atom. The molecule has 16 heavy (non-hydrogen) atoms. The summed E-state index contributed by atoms with van der Waals surface area (Å²) in [4.78, 5) is 12.6. The average molecular weight is 225 g/mol. The van der Waals surface area contributed by atoms with Gasteiger partial charge in [-0.2, -0.15) is 0 Å². The topological polar surface area (TPSA) is 60.8 Å². The zero-order valence-corrected chi connectivity index (χ0v) is 8.56. The van der Waals surface area contributed by atoms with E-state index in [2.05, 4.69) is 0 Å². The van der Waals surface area contributed by atoms with Crippen LogP contribution in [-0.2, 0) is 4.79 Å². The molecule has 1 heterocycles. The fraction of sp³-hybridized carbons (Fsp3) is 0.364. The summed E-state index contributed by atoms with van der Waals surface area (Å²) in [5.41, 5.74) is 0.419. The minimum atomic E-state index is -0.916. The van der Waals surface area contributed by atoms with E-state index in [-0.39, 0.29) is 5.75 Å². The molecular weight excluding hydrogens is 213 g/mol. The average Bonchev–Trinajstić information content (AvgIpc) is 2.63. The van der Waals surface area contributed by atoms with Crippen molar-refractivity contribution in [1.82, 2.24) is 0 Å². The Morgan fingerprint density at radius 1 is 1.44 bits per heavy atom. The number of aromatic hydroxyl groups is 1. The third-order valence-electron chi connectivity index (χ3n) is 2.74. The van der Waals surface area contributed by atoms with Crippen molar-refractivity contribution in [2.75, 3.05) is 11.4 Å². The van der Waals surface area contributed by atoms with Gasteiger partial charge in [-0.1, -0.05) is 0 Å². The molecule has 1 fully saturated rings. The van der Waals surface area contributed by atoms with E-state index in [0.29, 0.717) is 18.7 Å². The number of nitrogens with zero attached hydrogens (tertiary/aromatic N) is 1. The van der Waals surface area contributed by atoms with Crippen LogP contribution in [0.25, 0.3) is 0 Å². The lowest BCUT2D eigenvalue weighted by molar-refractivity contribution is -0.138. The lowest BCUT2D eigenvalue weighted by atomic mass is 10.2. The molecule has 1 aliphatic heterocycles. The molecule has 1 aromatic rings. The highest BCUT2D eigenvalue weighted by Crippen LogP contribution is 2.29. The molecule has 1 saturated heterocycles. The van der Waals surface area contributed by atoms with Gasteiger partial charge in [-0.25, -0.2) is 9.18 Å². The molecule has 0 aromatic heterocycles. The minimum Gasteiger partial charge on any atom is -0.508 e. The molecule has 4 nitrogen and oxygen atoms in total. The Balaban J connectivity index is 2.32. The fourth-order valence-corrected chi connectivity index (χ4v) is 2.06. The van der Waals surface area contributed by atoms with Crippen LogP contribution in [0.3, 0.4) is 0 Å². The number of hydrogen-bond acceptors (Lipinski definition) is 3. The Morgan fingerprint density at radius 3 is 2.81 bits per heavy atom. The lowest BCUT2D eigenvalue weighted by Gasteiger charge is -2.23. The van der Waals surface area contributed by atoms with E-state index in [9.17, 15) is 14.3 Å². The molecule has 1 aliphatic rings. The van der Waals surface area contributed by atoms with Gasteiger partial charge in [0.15, 0.2) is 0 Å². The van der Waals surface area contributed by atoms with Gasteiger partial charge >= 0.3 is 5.97 Å². The number of halogens is 1. The van der Waals surface area contributed by atoms with Gasteiger partial charge in [0.2, 0.25) is 0 Å². The van der Waals surface area contributed by atoms with Crippen LogP contribution in [0.15, 0.2) is 18.2 Å². The first-order valence-corrected chi connectivity index (χ1v) is 5.07. The van der Waals surface area contributed by atoms with Gasteiger partial charge in [0, 0.05) is 24.4 Å². The van der Waals surface area contributed by atoms with Crippen molar-refractivity contribution in [3.05, 3.63) is 24.0 Å². The summed E-state index contributed by atoms with van der Waals surface area (Å²) in [5.74, 6) is -1.67. The predicted octanol–water partition coefficient (Wildman–Crippen LogP) is 1.58. The van der Waals surface area contributed by atoms with Gasteiger partial charge in [0.05, 0.1) is 0 Å². The number of anilines is 1.